The Kier molecular flexibility index (Phi) is 4.55. The molecule has 0 spiro atoms. The van der Waals surface area contributed by atoms with E-state index in [4.69, 9.17) is 16.0 Å². The van der Waals surface area contributed by atoms with Crippen LogP contribution in [0.5, 0.6) is 0 Å². The molecule has 3 aromatic rings. The zero-order valence-corrected chi connectivity index (χ0v) is 15.3. The normalized spacial score (nSPS) is 17.5. The van der Waals surface area contributed by atoms with E-state index in [1.54, 1.807) is 16.8 Å². The minimum atomic E-state index is -0.0985. The average molecular weight is 370 g/mol. The monoisotopic (exact) mass is 369 g/mol. The first kappa shape index (κ1) is 16.9. The van der Waals surface area contributed by atoms with Crippen molar-refractivity contribution in [1.29, 1.82) is 0 Å². The topological polar surface area (TPSA) is 51.3 Å². The summed E-state index contributed by atoms with van der Waals surface area (Å²) in [6.45, 7) is 0.711. The molecule has 1 aromatic carbocycles. The lowest BCUT2D eigenvalue weighted by Gasteiger charge is -2.34. The first-order valence-electron chi connectivity index (χ1n) is 8.79. The number of aryl methyl sites for hydroxylation is 1. The number of carbonyl (C=O) groups excluding carboxylic acids is 1. The van der Waals surface area contributed by atoms with Crippen LogP contribution in [0.15, 0.2) is 53.1 Å². The molecule has 1 atom stereocenters. The molecule has 0 N–H and O–H groups in total. The van der Waals surface area contributed by atoms with Gasteiger partial charge in [0.05, 0.1) is 16.8 Å². The van der Waals surface area contributed by atoms with Gasteiger partial charge in [-0.25, -0.2) is 0 Å². The second-order valence-corrected chi connectivity index (χ2v) is 6.98. The van der Waals surface area contributed by atoms with Crippen LogP contribution in [0, 0.1) is 0 Å². The maximum absolute atomic E-state index is 13.1. The number of aromatic nitrogens is 2. The van der Waals surface area contributed by atoms with Crippen LogP contribution in [-0.4, -0.2) is 27.1 Å². The summed E-state index contributed by atoms with van der Waals surface area (Å²) in [4.78, 5) is 15.0. The summed E-state index contributed by atoms with van der Waals surface area (Å²) in [5.74, 6) is 0.840. The van der Waals surface area contributed by atoms with Crippen LogP contribution in [0.4, 0.5) is 0 Å². The largest absolute Gasteiger partial charge is 0.451 e. The summed E-state index contributed by atoms with van der Waals surface area (Å²) >= 11 is 6.24. The lowest BCUT2D eigenvalue weighted by Crippen LogP contribution is -2.38. The van der Waals surface area contributed by atoms with E-state index >= 15 is 0 Å². The molecule has 1 aliphatic heterocycles. The minimum absolute atomic E-state index is 0.00804. The van der Waals surface area contributed by atoms with Gasteiger partial charge in [-0.05, 0) is 49.6 Å². The molecule has 1 amide bonds. The summed E-state index contributed by atoms with van der Waals surface area (Å²) in [6.07, 6.45) is 4.91. The Morgan fingerprint density at radius 3 is 2.81 bits per heavy atom. The molecule has 3 heterocycles. The van der Waals surface area contributed by atoms with Crippen molar-refractivity contribution in [1.82, 2.24) is 14.7 Å². The number of rotatable bonds is 3. The van der Waals surface area contributed by atoms with Crippen LogP contribution in [0.2, 0.25) is 5.02 Å². The van der Waals surface area contributed by atoms with Gasteiger partial charge >= 0.3 is 0 Å². The minimum Gasteiger partial charge on any atom is -0.451 e. The first-order valence-corrected chi connectivity index (χ1v) is 9.16. The molecule has 6 heteroatoms. The van der Waals surface area contributed by atoms with Crippen molar-refractivity contribution in [2.75, 3.05) is 6.54 Å². The molecule has 1 aliphatic rings. The molecule has 2 aromatic heterocycles. The molecule has 0 saturated carbocycles. The molecule has 0 bridgehead atoms. The third-order valence-electron chi connectivity index (χ3n) is 4.80. The van der Waals surface area contributed by atoms with Crippen LogP contribution in [0.3, 0.4) is 0 Å². The van der Waals surface area contributed by atoms with Crippen molar-refractivity contribution in [3.63, 3.8) is 0 Å². The van der Waals surface area contributed by atoms with Gasteiger partial charge in [0.2, 0.25) is 0 Å². The number of hydrogen-bond acceptors (Lipinski definition) is 3. The second kappa shape index (κ2) is 7.00. The van der Waals surface area contributed by atoms with Crippen molar-refractivity contribution in [2.24, 2.45) is 7.05 Å². The van der Waals surface area contributed by atoms with Crippen molar-refractivity contribution < 1.29 is 9.21 Å². The Bertz CT molecular complexity index is 931. The predicted molar refractivity (Wildman–Crippen MR) is 100.0 cm³/mol. The van der Waals surface area contributed by atoms with Crippen LogP contribution < -0.4 is 0 Å². The molecule has 4 rings (SSSR count). The van der Waals surface area contributed by atoms with E-state index in [2.05, 4.69) is 5.10 Å². The molecule has 0 aliphatic carbocycles. The summed E-state index contributed by atoms with van der Waals surface area (Å²) in [6, 6.07) is 13.0. The number of carbonyl (C=O) groups is 1. The fraction of sp³-hybridized carbons (Fsp3) is 0.300. The Balaban J connectivity index is 1.61. The van der Waals surface area contributed by atoms with Gasteiger partial charge < -0.3 is 9.32 Å². The van der Waals surface area contributed by atoms with Gasteiger partial charge in [-0.2, -0.15) is 5.10 Å². The third-order valence-corrected chi connectivity index (χ3v) is 5.12. The van der Waals surface area contributed by atoms with Gasteiger partial charge in [0.15, 0.2) is 5.76 Å². The molecule has 1 saturated heterocycles. The molecular formula is C20H20ClN3O2. The average Bonchev–Trinajstić information content (AvgIpc) is 3.31. The van der Waals surface area contributed by atoms with Crippen LogP contribution in [-0.2, 0) is 7.05 Å². The van der Waals surface area contributed by atoms with E-state index in [1.807, 2.05) is 48.5 Å². The highest BCUT2D eigenvalue weighted by molar-refractivity contribution is 6.33. The fourth-order valence-corrected chi connectivity index (χ4v) is 3.72. The summed E-state index contributed by atoms with van der Waals surface area (Å²) in [5.41, 5.74) is 1.71. The van der Waals surface area contributed by atoms with E-state index in [0.717, 1.165) is 30.5 Å². The first-order chi connectivity index (χ1) is 12.6. The number of piperidine rings is 1. The highest BCUT2D eigenvalue weighted by atomic mass is 35.5. The quantitative estimate of drug-likeness (QED) is 0.672. The van der Waals surface area contributed by atoms with Crippen molar-refractivity contribution in [2.45, 2.75) is 25.3 Å². The second-order valence-electron chi connectivity index (χ2n) is 6.57. The lowest BCUT2D eigenvalue weighted by atomic mass is 9.99. The molecule has 1 unspecified atom stereocenters. The number of nitrogens with zero attached hydrogens (tertiary/aromatic N) is 3. The maximum atomic E-state index is 13.1. The van der Waals surface area contributed by atoms with E-state index in [-0.39, 0.29) is 11.9 Å². The van der Waals surface area contributed by atoms with Gasteiger partial charge in [0, 0.05) is 25.4 Å². The van der Waals surface area contributed by atoms with E-state index in [9.17, 15) is 4.79 Å². The van der Waals surface area contributed by atoms with E-state index in [0.29, 0.717) is 23.1 Å². The Morgan fingerprint density at radius 1 is 1.19 bits per heavy atom. The van der Waals surface area contributed by atoms with Crippen molar-refractivity contribution >= 4 is 17.5 Å². The smallest absolute Gasteiger partial charge is 0.290 e. The lowest BCUT2D eigenvalue weighted by molar-refractivity contribution is 0.0573. The molecule has 134 valence electrons. The van der Waals surface area contributed by atoms with Gasteiger partial charge in [0.25, 0.3) is 5.91 Å². The number of halogens is 1. The van der Waals surface area contributed by atoms with Crippen molar-refractivity contribution in [3.8, 4) is 11.3 Å². The Morgan fingerprint density at radius 2 is 2.04 bits per heavy atom. The number of furan rings is 1. The van der Waals surface area contributed by atoms with Crippen molar-refractivity contribution in [3.05, 3.63) is 65.1 Å². The van der Waals surface area contributed by atoms with E-state index < -0.39 is 0 Å². The summed E-state index contributed by atoms with van der Waals surface area (Å²) < 4.78 is 7.63. The Hall–Kier alpha value is -2.53. The molecule has 26 heavy (non-hydrogen) atoms. The zero-order chi connectivity index (χ0) is 18.1. The summed E-state index contributed by atoms with van der Waals surface area (Å²) in [5, 5.41) is 5.10. The molecule has 0 radical (unpaired) electrons. The number of likely N-dealkylation sites (tertiary alicyclic amines) is 1. The summed E-state index contributed by atoms with van der Waals surface area (Å²) in [7, 11) is 1.89. The molecular weight excluding hydrogens is 350 g/mol. The maximum Gasteiger partial charge on any atom is 0.290 e. The third kappa shape index (κ3) is 3.15. The SMILES string of the molecule is Cn1ccc(C2CCCCN2C(=O)c2ccc(-c3ccccc3Cl)o2)n1. The van der Waals surface area contributed by atoms with Crippen LogP contribution in [0.1, 0.15) is 41.6 Å². The molecule has 5 nitrogen and oxygen atoms in total. The standard InChI is InChI=1S/C20H20ClN3O2/c1-23-13-11-16(22-23)17-8-4-5-12-24(17)20(25)19-10-9-18(26-19)14-6-2-3-7-15(14)21/h2-3,6-7,9-11,13,17H,4-5,8,12H2,1H3. The predicted octanol–water partition coefficient (Wildman–Crippen LogP) is 4.70. The van der Waals surface area contributed by atoms with Gasteiger partial charge in [-0.3, -0.25) is 9.48 Å². The number of amides is 1. The van der Waals surface area contributed by atoms with Crippen LogP contribution >= 0.6 is 11.6 Å². The van der Waals surface area contributed by atoms with Gasteiger partial charge in [-0.15, -0.1) is 0 Å². The van der Waals surface area contributed by atoms with E-state index in [1.165, 1.54) is 0 Å². The van der Waals surface area contributed by atoms with Gasteiger partial charge in [0.1, 0.15) is 5.76 Å². The number of hydrogen-bond donors (Lipinski definition) is 0. The molecule has 1 fully saturated rings. The van der Waals surface area contributed by atoms with Crippen LogP contribution in [0.25, 0.3) is 11.3 Å². The van der Waals surface area contributed by atoms with Gasteiger partial charge in [-0.1, -0.05) is 23.7 Å². The zero-order valence-electron chi connectivity index (χ0n) is 14.6. The highest BCUT2D eigenvalue weighted by Gasteiger charge is 2.31. The Labute approximate surface area is 157 Å². The highest BCUT2D eigenvalue weighted by Crippen LogP contribution is 2.33. The number of benzene rings is 1. The fourth-order valence-electron chi connectivity index (χ4n) is 3.49.